The van der Waals surface area contributed by atoms with E-state index in [-0.39, 0.29) is 23.5 Å². The third kappa shape index (κ3) is 6.23. The number of carbonyl (C=O) groups is 2. The lowest BCUT2D eigenvalue weighted by molar-refractivity contribution is -0.153. The molecule has 2 aromatic carbocycles. The Morgan fingerprint density at radius 3 is 2.35 bits per heavy atom. The molecule has 166 valence electrons. The Balaban J connectivity index is 1.72. The van der Waals surface area contributed by atoms with Gasteiger partial charge in [0.2, 0.25) is 11.8 Å². The van der Waals surface area contributed by atoms with Gasteiger partial charge in [0, 0.05) is 25.1 Å². The number of nitrogens with one attached hydrogen (secondary N) is 1. The lowest BCUT2D eigenvalue weighted by Gasteiger charge is -2.36. The molecule has 0 spiro atoms. The van der Waals surface area contributed by atoms with Gasteiger partial charge in [0.1, 0.15) is 11.8 Å². The SMILES string of the molecule is CC(C)CC(=O)N1Cc2ccccc2CC1C(=O)Nc1ccc(OCC(F)(F)F)cc1. The fourth-order valence-electron chi connectivity index (χ4n) is 3.51. The second kappa shape index (κ2) is 9.41. The molecule has 1 N–H and O–H groups in total. The highest BCUT2D eigenvalue weighted by molar-refractivity contribution is 5.97. The van der Waals surface area contributed by atoms with Crippen LogP contribution in [0.15, 0.2) is 48.5 Å². The topological polar surface area (TPSA) is 58.6 Å². The maximum Gasteiger partial charge on any atom is 0.422 e. The zero-order valence-corrected chi connectivity index (χ0v) is 17.4. The fourth-order valence-corrected chi connectivity index (χ4v) is 3.51. The highest BCUT2D eigenvalue weighted by Crippen LogP contribution is 2.26. The third-order valence-electron chi connectivity index (χ3n) is 4.98. The summed E-state index contributed by atoms with van der Waals surface area (Å²) in [5.74, 6) is -0.204. The minimum atomic E-state index is -4.42. The van der Waals surface area contributed by atoms with Gasteiger partial charge < -0.3 is 15.0 Å². The van der Waals surface area contributed by atoms with Crippen LogP contribution in [0, 0.1) is 5.92 Å². The van der Waals surface area contributed by atoms with Gasteiger partial charge >= 0.3 is 6.18 Å². The van der Waals surface area contributed by atoms with Crippen molar-refractivity contribution in [3.8, 4) is 5.75 Å². The van der Waals surface area contributed by atoms with Crippen LogP contribution >= 0.6 is 0 Å². The predicted octanol–water partition coefficient (Wildman–Crippen LogP) is 4.57. The number of rotatable bonds is 6. The van der Waals surface area contributed by atoms with E-state index in [1.165, 1.54) is 24.3 Å². The van der Waals surface area contributed by atoms with Gasteiger partial charge in [0.15, 0.2) is 6.61 Å². The fraction of sp³-hybridized carbons (Fsp3) is 0.391. The molecule has 0 radical (unpaired) electrons. The first-order chi connectivity index (χ1) is 14.6. The highest BCUT2D eigenvalue weighted by Gasteiger charge is 2.34. The minimum absolute atomic E-state index is 0.0515. The second-order valence-corrected chi connectivity index (χ2v) is 8.03. The Morgan fingerprint density at radius 1 is 1.10 bits per heavy atom. The summed E-state index contributed by atoms with van der Waals surface area (Å²) in [6, 6.07) is 12.7. The number of alkyl halides is 3. The van der Waals surface area contributed by atoms with Crippen molar-refractivity contribution in [2.75, 3.05) is 11.9 Å². The van der Waals surface area contributed by atoms with Crippen LogP contribution in [0.4, 0.5) is 18.9 Å². The average Bonchev–Trinajstić information content (AvgIpc) is 2.71. The normalized spacial score (nSPS) is 16.1. The summed E-state index contributed by atoms with van der Waals surface area (Å²) in [4.78, 5) is 27.5. The number of carbonyl (C=O) groups excluding carboxylic acids is 2. The second-order valence-electron chi connectivity index (χ2n) is 8.03. The van der Waals surface area contributed by atoms with Crippen molar-refractivity contribution >= 4 is 17.5 Å². The van der Waals surface area contributed by atoms with Gasteiger partial charge in [-0.05, 0) is 41.3 Å². The number of fused-ring (bicyclic) bond motifs is 1. The molecule has 0 aliphatic carbocycles. The van der Waals surface area contributed by atoms with E-state index >= 15 is 0 Å². The van der Waals surface area contributed by atoms with Gasteiger partial charge in [0.05, 0.1) is 0 Å². The number of halogens is 3. The number of nitrogens with zero attached hydrogens (tertiary/aromatic N) is 1. The van der Waals surface area contributed by atoms with Crippen LogP contribution < -0.4 is 10.1 Å². The maximum absolute atomic E-state index is 13.0. The van der Waals surface area contributed by atoms with E-state index in [2.05, 4.69) is 10.1 Å². The van der Waals surface area contributed by atoms with Gasteiger partial charge in [-0.3, -0.25) is 9.59 Å². The monoisotopic (exact) mass is 434 g/mol. The molecule has 1 aliphatic heterocycles. The Labute approximate surface area is 179 Å². The Morgan fingerprint density at radius 2 is 1.74 bits per heavy atom. The Kier molecular flexibility index (Phi) is 6.87. The Bertz CT molecular complexity index is 926. The quantitative estimate of drug-likeness (QED) is 0.725. The summed E-state index contributed by atoms with van der Waals surface area (Å²) >= 11 is 0. The molecule has 31 heavy (non-hydrogen) atoms. The van der Waals surface area contributed by atoms with Crippen molar-refractivity contribution in [3.05, 3.63) is 59.7 Å². The molecule has 0 saturated carbocycles. The van der Waals surface area contributed by atoms with Crippen LogP contribution in [0.1, 0.15) is 31.4 Å². The summed E-state index contributed by atoms with van der Waals surface area (Å²) in [6.07, 6.45) is -3.67. The van der Waals surface area contributed by atoms with Gasteiger partial charge in [0.25, 0.3) is 0 Å². The van der Waals surface area contributed by atoms with Crippen LogP contribution in [-0.4, -0.2) is 35.5 Å². The van der Waals surface area contributed by atoms with Crippen molar-refractivity contribution in [2.45, 2.75) is 45.5 Å². The first-order valence-corrected chi connectivity index (χ1v) is 10.1. The number of benzene rings is 2. The van der Waals surface area contributed by atoms with Crippen LogP contribution in [0.2, 0.25) is 0 Å². The molecule has 2 amide bonds. The first kappa shape index (κ1) is 22.7. The number of hydrogen-bond donors (Lipinski definition) is 1. The van der Waals surface area contributed by atoms with Crippen LogP contribution in [0.5, 0.6) is 5.75 Å². The van der Waals surface area contributed by atoms with Gasteiger partial charge in [-0.15, -0.1) is 0 Å². The molecule has 1 aliphatic rings. The molecule has 0 saturated heterocycles. The summed E-state index contributed by atoms with van der Waals surface area (Å²) in [6.45, 7) is 2.89. The third-order valence-corrected chi connectivity index (χ3v) is 4.98. The summed E-state index contributed by atoms with van der Waals surface area (Å²) < 4.78 is 41.5. The summed E-state index contributed by atoms with van der Waals surface area (Å²) in [7, 11) is 0. The highest BCUT2D eigenvalue weighted by atomic mass is 19.4. The molecule has 0 bridgehead atoms. The molecule has 2 aromatic rings. The molecule has 3 rings (SSSR count). The summed E-state index contributed by atoms with van der Waals surface area (Å²) in [5.41, 5.74) is 2.46. The zero-order valence-electron chi connectivity index (χ0n) is 17.4. The van der Waals surface area contributed by atoms with E-state index in [0.29, 0.717) is 25.1 Å². The standard InChI is InChI=1S/C23H25F3N2O3/c1-15(2)11-21(29)28-13-17-6-4-3-5-16(17)12-20(28)22(30)27-18-7-9-19(10-8-18)31-14-23(24,25)26/h3-10,15,20H,11-14H2,1-2H3,(H,27,30). The average molecular weight is 434 g/mol. The maximum atomic E-state index is 13.0. The molecule has 1 heterocycles. The molecular weight excluding hydrogens is 409 g/mol. The van der Waals surface area contributed by atoms with Crippen molar-refractivity contribution in [2.24, 2.45) is 5.92 Å². The number of hydrogen-bond acceptors (Lipinski definition) is 3. The van der Waals surface area contributed by atoms with Crippen LogP contribution in [0.3, 0.4) is 0 Å². The number of anilines is 1. The van der Waals surface area contributed by atoms with E-state index < -0.39 is 18.8 Å². The van der Waals surface area contributed by atoms with Gasteiger partial charge in [-0.25, -0.2) is 0 Å². The number of ether oxygens (including phenoxy) is 1. The summed E-state index contributed by atoms with van der Waals surface area (Å²) in [5, 5.41) is 2.77. The molecule has 1 unspecified atom stereocenters. The van der Waals surface area contributed by atoms with E-state index in [9.17, 15) is 22.8 Å². The van der Waals surface area contributed by atoms with Crippen molar-refractivity contribution < 1.29 is 27.5 Å². The molecule has 0 fully saturated rings. The first-order valence-electron chi connectivity index (χ1n) is 10.1. The molecule has 0 aromatic heterocycles. The lowest BCUT2D eigenvalue weighted by Crippen LogP contribution is -2.50. The van der Waals surface area contributed by atoms with E-state index in [1.54, 1.807) is 4.90 Å². The van der Waals surface area contributed by atoms with Gasteiger partial charge in [-0.1, -0.05) is 38.1 Å². The van der Waals surface area contributed by atoms with Crippen molar-refractivity contribution in [3.63, 3.8) is 0 Å². The van der Waals surface area contributed by atoms with Crippen LogP contribution in [-0.2, 0) is 22.6 Å². The lowest BCUT2D eigenvalue weighted by atomic mass is 9.92. The number of amides is 2. The predicted molar refractivity (Wildman–Crippen MR) is 111 cm³/mol. The van der Waals surface area contributed by atoms with Crippen molar-refractivity contribution in [1.82, 2.24) is 4.90 Å². The van der Waals surface area contributed by atoms with Gasteiger partial charge in [-0.2, -0.15) is 13.2 Å². The van der Waals surface area contributed by atoms with E-state index in [1.807, 2.05) is 38.1 Å². The Hall–Kier alpha value is -3.03. The molecule has 5 nitrogen and oxygen atoms in total. The smallest absolute Gasteiger partial charge is 0.422 e. The van der Waals surface area contributed by atoms with E-state index in [0.717, 1.165) is 11.1 Å². The molecule has 8 heteroatoms. The van der Waals surface area contributed by atoms with Crippen molar-refractivity contribution in [1.29, 1.82) is 0 Å². The minimum Gasteiger partial charge on any atom is -0.484 e. The largest absolute Gasteiger partial charge is 0.484 e. The zero-order chi connectivity index (χ0) is 22.6. The van der Waals surface area contributed by atoms with Crippen LogP contribution in [0.25, 0.3) is 0 Å². The molecule has 1 atom stereocenters. The molecular formula is C23H25F3N2O3. The van der Waals surface area contributed by atoms with E-state index in [4.69, 9.17) is 0 Å².